The Labute approximate surface area is 109 Å². The third kappa shape index (κ3) is 5.02. The van der Waals surface area contributed by atoms with Crippen molar-refractivity contribution in [2.24, 2.45) is 0 Å². The molecule has 0 unspecified atom stereocenters. The first-order valence-electron chi connectivity index (χ1n) is 5.51. The summed E-state index contributed by atoms with van der Waals surface area (Å²) in [6.45, 7) is 0.0250. The van der Waals surface area contributed by atoms with Gasteiger partial charge in [0.25, 0.3) is 0 Å². The van der Waals surface area contributed by atoms with Gasteiger partial charge in [-0.2, -0.15) is 13.2 Å². The monoisotopic (exact) mass is 270 g/mol. The van der Waals surface area contributed by atoms with E-state index in [1.807, 2.05) is 0 Å². The zero-order valence-electron chi connectivity index (χ0n) is 10.1. The molecule has 0 atom stereocenters. The van der Waals surface area contributed by atoms with Gasteiger partial charge in [-0.25, -0.2) is 0 Å². The van der Waals surface area contributed by atoms with Crippen LogP contribution < -0.4 is 10.6 Å². The molecule has 3 nitrogen and oxygen atoms in total. The maximum absolute atomic E-state index is 12.7. The van der Waals surface area contributed by atoms with Crippen molar-refractivity contribution in [1.82, 2.24) is 10.6 Å². The lowest BCUT2D eigenvalue weighted by Gasteiger charge is -2.13. The van der Waals surface area contributed by atoms with Crippen LogP contribution in [-0.4, -0.2) is 19.0 Å². The Kier molecular flexibility index (Phi) is 5.39. The highest BCUT2D eigenvalue weighted by atomic mass is 19.4. The lowest BCUT2D eigenvalue weighted by atomic mass is 10.1. The van der Waals surface area contributed by atoms with Gasteiger partial charge in [0.2, 0.25) is 5.91 Å². The lowest BCUT2D eigenvalue weighted by molar-refractivity contribution is -0.138. The molecule has 19 heavy (non-hydrogen) atoms. The molecule has 0 radical (unpaired) electrons. The Hall–Kier alpha value is -2.00. The molecule has 0 aliphatic rings. The summed E-state index contributed by atoms with van der Waals surface area (Å²) in [4.78, 5) is 11.3. The van der Waals surface area contributed by atoms with Crippen LogP contribution in [-0.2, 0) is 17.5 Å². The summed E-state index contributed by atoms with van der Waals surface area (Å²) in [5, 5.41) is 5.05. The van der Waals surface area contributed by atoms with Gasteiger partial charge in [0.15, 0.2) is 0 Å². The van der Waals surface area contributed by atoms with Crippen LogP contribution in [0.4, 0.5) is 13.2 Å². The minimum absolute atomic E-state index is 0.0281. The van der Waals surface area contributed by atoms with E-state index in [1.165, 1.54) is 18.2 Å². The van der Waals surface area contributed by atoms with Crippen LogP contribution in [0.3, 0.4) is 0 Å². The Morgan fingerprint density at radius 2 is 2.00 bits per heavy atom. The van der Waals surface area contributed by atoms with Crippen molar-refractivity contribution in [2.75, 3.05) is 13.1 Å². The minimum atomic E-state index is -4.43. The van der Waals surface area contributed by atoms with Gasteiger partial charge in [-0.1, -0.05) is 24.1 Å². The molecule has 0 aliphatic carbocycles. The van der Waals surface area contributed by atoms with Gasteiger partial charge in [0, 0.05) is 6.54 Å². The van der Waals surface area contributed by atoms with E-state index < -0.39 is 17.6 Å². The maximum Gasteiger partial charge on any atom is 0.416 e. The fourth-order valence-electron chi connectivity index (χ4n) is 1.46. The molecule has 0 fully saturated rings. The highest BCUT2D eigenvalue weighted by Crippen LogP contribution is 2.31. The molecule has 0 saturated carbocycles. The average molecular weight is 270 g/mol. The van der Waals surface area contributed by atoms with Gasteiger partial charge in [-0.05, 0) is 11.6 Å². The summed E-state index contributed by atoms with van der Waals surface area (Å²) < 4.78 is 38.0. The first-order valence-corrected chi connectivity index (χ1v) is 5.51. The van der Waals surface area contributed by atoms with E-state index in [0.29, 0.717) is 0 Å². The molecule has 1 aromatic carbocycles. The molecule has 1 rings (SSSR count). The predicted octanol–water partition coefficient (Wildman–Crippen LogP) is 1.54. The minimum Gasteiger partial charge on any atom is -0.351 e. The van der Waals surface area contributed by atoms with Crippen molar-refractivity contribution in [2.45, 2.75) is 12.7 Å². The van der Waals surface area contributed by atoms with E-state index in [2.05, 4.69) is 16.6 Å². The Morgan fingerprint density at radius 1 is 1.32 bits per heavy atom. The van der Waals surface area contributed by atoms with Gasteiger partial charge in [0.1, 0.15) is 0 Å². The number of hydrogen-bond acceptors (Lipinski definition) is 2. The molecular formula is C13H13F3N2O. The molecule has 0 aliphatic heterocycles. The van der Waals surface area contributed by atoms with Gasteiger partial charge >= 0.3 is 6.18 Å². The van der Waals surface area contributed by atoms with E-state index in [-0.39, 0.29) is 25.2 Å². The number of nitrogens with one attached hydrogen (secondary N) is 2. The van der Waals surface area contributed by atoms with Crippen molar-refractivity contribution in [3.8, 4) is 12.3 Å². The fraction of sp³-hybridized carbons (Fsp3) is 0.308. The molecular weight excluding hydrogens is 257 g/mol. The maximum atomic E-state index is 12.7. The van der Waals surface area contributed by atoms with E-state index >= 15 is 0 Å². The molecule has 2 N–H and O–H groups in total. The number of alkyl halides is 3. The summed E-state index contributed by atoms with van der Waals surface area (Å²) in [6, 6.07) is 5.12. The number of carbonyl (C=O) groups excluding carboxylic acids is 1. The Balaban J connectivity index is 2.59. The molecule has 1 amide bonds. The molecule has 6 heteroatoms. The zero-order chi connectivity index (χ0) is 14.3. The fourth-order valence-corrected chi connectivity index (χ4v) is 1.46. The van der Waals surface area contributed by atoms with Crippen LogP contribution in [0, 0.1) is 12.3 Å². The lowest BCUT2D eigenvalue weighted by Crippen LogP contribution is -2.34. The second-order valence-electron chi connectivity index (χ2n) is 3.74. The summed E-state index contributed by atoms with van der Waals surface area (Å²) in [7, 11) is 0. The summed E-state index contributed by atoms with van der Waals surface area (Å²) in [5.41, 5.74) is -0.716. The van der Waals surface area contributed by atoms with Gasteiger partial charge in [0.05, 0.1) is 18.7 Å². The first kappa shape index (κ1) is 15.1. The third-order valence-corrected chi connectivity index (χ3v) is 2.31. The van der Waals surface area contributed by atoms with Crippen LogP contribution in [0.1, 0.15) is 11.1 Å². The molecule has 0 spiro atoms. The van der Waals surface area contributed by atoms with Crippen LogP contribution in [0.5, 0.6) is 0 Å². The molecule has 102 valence electrons. The number of benzene rings is 1. The summed E-state index contributed by atoms with van der Waals surface area (Å²) in [5.74, 6) is 1.88. The van der Waals surface area contributed by atoms with Crippen molar-refractivity contribution < 1.29 is 18.0 Å². The number of halogens is 3. The van der Waals surface area contributed by atoms with Crippen molar-refractivity contribution in [3.63, 3.8) is 0 Å². The number of terminal acetylenes is 1. The number of hydrogen-bond donors (Lipinski definition) is 2. The van der Waals surface area contributed by atoms with E-state index in [4.69, 9.17) is 6.42 Å². The number of carbonyl (C=O) groups is 1. The second kappa shape index (κ2) is 6.81. The van der Waals surface area contributed by atoms with Crippen LogP contribution in [0.25, 0.3) is 0 Å². The van der Waals surface area contributed by atoms with Gasteiger partial charge in [-0.3, -0.25) is 10.1 Å². The number of amides is 1. The second-order valence-corrected chi connectivity index (χ2v) is 3.74. The van der Waals surface area contributed by atoms with E-state index in [0.717, 1.165) is 6.07 Å². The third-order valence-electron chi connectivity index (χ3n) is 2.31. The summed E-state index contributed by atoms with van der Waals surface area (Å²) in [6.07, 6.45) is 0.551. The molecule has 0 bridgehead atoms. The van der Waals surface area contributed by atoms with Crippen molar-refractivity contribution in [3.05, 3.63) is 35.4 Å². The quantitative estimate of drug-likeness (QED) is 0.629. The van der Waals surface area contributed by atoms with Crippen molar-refractivity contribution in [1.29, 1.82) is 0 Å². The topological polar surface area (TPSA) is 41.1 Å². The van der Waals surface area contributed by atoms with E-state index in [9.17, 15) is 18.0 Å². The molecule has 0 aromatic heterocycles. The van der Waals surface area contributed by atoms with Crippen LogP contribution >= 0.6 is 0 Å². The Morgan fingerprint density at radius 3 is 2.63 bits per heavy atom. The van der Waals surface area contributed by atoms with E-state index in [1.54, 1.807) is 0 Å². The first-order chi connectivity index (χ1) is 8.95. The SMILES string of the molecule is C#CCNCC(=O)NCc1ccccc1C(F)(F)F. The number of rotatable bonds is 5. The van der Waals surface area contributed by atoms with Crippen LogP contribution in [0.2, 0.25) is 0 Å². The average Bonchev–Trinajstić information content (AvgIpc) is 2.36. The molecule has 1 aromatic rings. The van der Waals surface area contributed by atoms with Crippen LogP contribution in [0.15, 0.2) is 24.3 Å². The standard InChI is InChI=1S/C13H13F3N2O/c1-2-7-17-9-12(19)18-8-10-5-3-4-6-11(10)13(14,15)16/h1,3-6,17H,7-9H2,(H,18,19). The largest absolute Gasteiger partial charge is 0.416 e. The normalized spacial score (nSPS) is 10.8. The zero-order valence-corrected chi connectivity index (χ0v) is 10.1. The van der Waals surface area contributed by atoms with Gasteiger partial charge in [-0.15, -0.1) is 6.42 Å². The smallest absolute Gasteiger partial charge is 0.351 e. The van der Waals surface area contributed by atoms with Gasteiger partial charge < -0.3 is 5.32 Å². The molecule has 0 heterocycles. The Bertz CT molecular complexity index is 478. The predicted molar refractivity (Wildman–Crippen MR) is 65.0 cm³/mol. The highest BCUT2D eigenvalue weighted by molar-refractivity contribution is 5.78. The highest BCUT2D eigenvalue weighted by Gasteiger charge is 2.32. The summed E-state index contributed by atoms with van der Waals surface area (Å²) >= 11 is 0. The van der Waals surface area contributed by atoms with Crippen molar-refractivity contribution >= 4 is 5.91 Å². The molecule has 0 saturated heterocycles.